The SMILES string of the molecule is CCC1CNC(C)(C2CC2)CN1Cc1ccc(F)cc1Cl. The average molecular weight is 311 g/mol. The lowest BCUT2D eigenvalue weighted by Gasteiger charge is -2.46. The third kappa shape index (κ3) is 3.25. The molecule has 2 unspecified atom stereocenters. The molecule has 2 fully saturated rings. The summed E-state index contributed by atoms with van der Waals surface area (Å²) < 4.78 is 13.2. The summed E-state index contributed by atoms with van der Waals surface area (Å²) in [6, 6.07) is 5.27. The molecule has 0 bridgehead atoms. The molecule has 1 aliphatic carbocycles. The fourth-order valence-electron chi connectivity index (χ4n) is 3.54. The summed E-state index contributed by atoms with van der Waals surface area (Å²) in [4.78, 5) is 2.52. The maximum Gasteiger partial charge on any atom is 0.124 e. The van der Waals surface area contributed by atoms with Crippen molar-refractivity contribution in [1.29, 1.82) is 0 Å². The summed E-state index contributed by atoms with van der Waals surface area (Å²) in [7, 11) is 0. The van der Waals surface area contributed by atoms with Gasteiger partial charge in [0.15, 0.2) is 0 Å². The summed E-state index contributed by atoms with van der Waals surface area (Å²) in [5, 5.41) is 4.30. The van der Waals surface area contributed by atoms with Crippen molar-refractivity contribution in [2.24, 2.45) is 5.92 Å². The highest BCUT2D eigenvalue weighted by Gasteiger charge is 2.45. The van der Waals surface area contributed by atoms with E-state index in [4.69, 9.17) is 11.6 Å². The Bertz CT molecular complexity index is 518. The lowest BCUT2D eigenvalue weighted by molar-refractivity contribution is 0.0666. The zero-order valence-electron chi connectivity index (χ0n) is 12.8. The third-order valence-electron chi connectivity index (χ3n) is 5.13. The Morgan fingerprint density at radius 3 is 2.81 bits per heavy atom. The van der Waals surface area contributed by atoms with Crippen LogP contribution < -0.4 is 5.32 Å². The Hall–Kier alpha value is -0.640. The second kappa shape index (κ2) is 5.86. The largest absolute Gasteiger partial charge is 0.308 e. The van der Waals surface area contributed by atoms with E-state index in [-0.39, 0.29) is 11.4 Å². The Kier molecular flexibility index (Phi) is 4.26. The number of piperazine rings is 1. The second-order valence-corrected chi connectivity index (χ2v) is 7.18. The highest BCUT2D eigenvalue weighted by atomic mass is 35.5. The van der Waals surface area contributed by atoms with Crippen molar-refractivity contribution in [3.8, 4) is 0 Å². The van der Waals surface area contributed by atoms with Gasteiger partial charge in [-0.15, -0.1) is 0 Å². The van der Waals surface area contributed by atoms with Crippen LogP contribution in [0.2, 0.25) is 5.02 Å². The molecular weight excluding hydrogens is 287 g/mol. The first-order valence-electron chi connectivity index (χ1n) is 7.95. The van der Waals surface area contributed by atoms with Crippen LogP contribution in [0.15, 0.2) is 18.2 Å². The maximum absolute atomic E-state index is 13.2. The Labute approximate surface area is 131 Å². The van der Waals surface area contributed by atoms with Crippen LogP contribution in [0.5, 0.6) is 0 Å². The number of nitrogens with zero attached hydrogens (tertiary/aromatic N) is 1. The normalized spacial score (nSPS) is 30.6. The summed E-state index contributed by atoms with van der Waals surface area (Å²) in [5.74, 6) is 0.542. The molecular formula is C17H24ClFN2. The molecule has 1 aromatic rings. The van der Waals surface area contributed by atoms with E-state index < -0.39 is 0 Å². The first-order chi connectivity index (χ1) is 10.0. The van der Waals surface area contributed by atoms with E-state index in [0.717, 1.165) is 37.5 Å². The number of halogens is 2. The molecule has 1 aromatic carbocycles. The molecule has 3 rings (SSSR count). The Morgan fingerprint density at radius 2 is 2.19 bits per heavy atom. The van der Waals surface area contributed by atoms with Gasteiger partial charge in [-0.3, -0.25) is 4.90 Å². The molecule has 1 saturated carbocycles. The van der Waals surface area contributed by atoms with Gasteiger partial charge in [-0.1, -0.05) is 24.6 Å². The average Bonchev–Trinajstić information content (AvgIpc) is 3.27. The lowest BCUT2D eigenvalue weighted by atomic mass is 9.90. The number of hydrogen-bond acceptors (Lipinski definition) is 2. The van der Waals surface area contributed by atoms with E-state index in [1.165, 1.54) is 25.0 Å². The predicted molar refractivity (Wildman–Crippen MR) is 85.0 cm³/mol. The summed E-state index contributed by atoms with van der Waals surface area (Å²) in [5.41, 5.74) is 1.25. The molecule has 2 aliphatic rings. The Morgan fingerprint density at radius 1 is 1.43 bits per heavy atom. The zero-order chi connectivity index (χ0) is 15.0. The van der Waals surface area contributed by atoms with Crippen molar-refractivity contribution in [2.45, 2.75) is 51.2 Å². The zero-order valence-corrected chi connectivity index (χ0v) is 13.6. The molecule has 1 N–H and O–H groups in total. The topological polar surface area (TPSA) is 15.3 Å². The van der Waals surface area contributed by atoms with Crippen molar-refractivity contribution in [1.82, 2.24) is 10.2 Å². The minimum absolute atomic E-state index is 0.220. The number of benzene rings is 1. The standard InChI is InChI=1S/C17H24ClFN2/c1-3-15-9-20-17(2,13-5-6-13)11-21(15)10-12-4-7-14(19)8-16(12)18/h4,7-8,13,15,20H,3,5-6,9-11H2,1-2H3. The minimum Gasteiger partial charge on any atom is -0.308 e. The molecule has 21 heavy (non-hydrogen) atoms. The van der Waals surface area contributed by atoms with Crippen molar-refractivity contribution >= 4 is 11.6 Å². The monoisotopic (exact) mass is 310 g/mol. The highest BCUT2D eigenvalue weighted by molar-refractivity contribution is 6.31. The van der Waals surface area contributed by atoms with Crippen LogP contribution in [0, 0.1) is 11.7 Å². The van der Waals surface area contributed by atoms with Crippen LogP contribution in [0.3, 0.4) is 0 Å². The second-order valence-electron chi connectivity index (χ2n) is 6.78. The van der Waals surface area contributed by atoms with Crippen LogP contribution in [0.1, 0.15) is 38.7 Å². The molecule has 2 nitrogen and oxygen atoms in total. The van der Waals surface area contributed by atoms with Gasteiger partial charge in [0.1, 0.15) is 5.82 Å². The van der Waals surface area contributed by atoms with Gasteiger partial charge in [0.25, 0.3) is 0 Å². The molecule has 0 spiro atoms. The molecule has 0 aromatic heterocycles. The van der Waals surface area contributed by atoms with Gasteiger partial charge in [0, 0.05) is 36.2 Å². The van der Waals surface area contributed by atoms with E-state index >= 15 is 0 Å². The van der Waals surface area contributed by atoms with Crippen molar-refractivity contribution in [3.63, 3.8) is 0 Å². The van der Waals surface area contributed by atoms with Crippen molar-refractivity contribution in [3.05, 3.63) is 34.6 Å². The van der Waals surface area contributed by atoms with E-state index in [1.807, 2.05) is 6.07 Å². The molecule has 4 heteroatoms. The first-order valence-corrected chi connectivity index (χ1v) is 8.32. The number of hydrogen-bond donors (Lipinski definition) is 1. The van der Waals surface area contributed by atoms with Gasteiger partial charge < -0.3 is 5.32 Å². The van der Waals surface area contributed by atoms with Gasteiger partial charge in [-0.2, -0.15) is 0 Å². The molecule has 116 valence electrons. The lowest BCUT2D eigenvalue weighted by Crippen LogP contribution is -2.63. The quantitative estimate of drug-likeness (QED) is 0.909. The van der Waals surface area contributed by atoms with E-state index in [9.17, 15) is 4.39 Å². The maximum atomic E-state index is 13.2. The van der Waals surface area contributed by atoms with Crippen LogP contribution in [-0.4, -0.2) is 29.6 Å². The molecule has 0 radical (unpaired) electrons. The summed E-state index contributed by atoms with van der Waals surface area (Å²) in [6.07, 6.45) is 3.80. The number of rotatable bonds is 4. The molecule has 0 amide bonds. The minimum atomic E-state index is -0.265. The molecule has 1 saturated heterocycles. The van der Waals surface area contributed by atoms with Gasteiger partial charge in [0.05, 0.1) is 0 Å². The molecule has 2 atom stereocenters. The first kappa shape index (κ1) is 15.3. The van der Waals surface area contributed by atoms with Gasteiger partial charge in [0.2, 0.25) is 0 Å². The third-order valence-corrected chi connectivity index (χ3v) is 5.48. The van der Waals surface area contributed by atoms with Crippen LogP contribution >= 0.6 is 11.6 Å². The Balaban J connectivity index is 1.76. The van der Waals surface area contributed by atoms with E-state index in [1.54, 1.807) is 0 Å². The highest BCUT2D eigenvalue weighted by Crippen LogP contribution is 2.41. The van der Waals surface area contributed by atoms with Gasteiger partial charge in [-0.25, -0.2) is 4.39 Å². The number of nitrogens with one attached hydrogen (secondary N) is 1. The van der Waals surface area contributed by atoms with Gasteiger partial charge >= 0.3 is 0 Å². The smallest absolute Gasteiger partial charge is 0.124 e. The predicted octanol–water partition coefficient (Wildman–Crippen LogP) is 3.83. The van der Waals surface area contributed by atoms with E-state index in [2.05, 4.69) is 24.1 Å². The fraction of sp³-hybridized carbons (Fsp3) is 0.647. The van der Waals surface area contributed by atoms with Crippen LogP contribution in [0.4, 0.5) is 4.39 Å². The molecule has 1 aliphatic heterocycles. The van der Waals surface area contributed by atoms with Crippen molar-refractivity contribution in [2.75, 3.05) is 13.1 Å². The van der Waals surface area contributed by atoms with Crippen LogP contribution in [-0.2, 0) is 6.54 Å². The van der Waals surface area contributed by atoms with Gasteiger partial charge in [-0.05, 0) is 49.8 Å². The van der Waals surface area contributed by atoms with E-state index in [0.29, 0.717) is 11.1 Å². The summed E-state index contributed by atoms with van der Waals surface area (Å²) >= 11 is 6.20. The van der Waals surface area contributed by atoms with Crippen molar-refractivity contribution < 1.29 is 4.39 Å². The summed E-state index contributed by atoms with van der Waals surface area (Å²) in [6.45, 7) is 7.45. The fourth-order valence-corrected chi connectivity index (χ4v) is 3.76. The molecule has 1 heterocycles. The van der Waals surface area contributed by atoms with Crippen LogP contribution in [0.25, 0.3) is 0 Å².